The van der Waals surface area contributed by atoms with Crippen LogP contribution in [-0.2, 0) is 19.0 Å². The molecule has 2 unspecified atom stereocenters. The highest BCUT2D eigenvalue weighted by molar-refractivity contribution is 5.82. The Labute approximate surface area is 94.4 Å². The van der Waals surface area contributed by atoms with Gasteiger partial charge in [0.15, 0.2) is 0 Å². The summed E-state index contributed by atoms with van der Waals surface area (Å²) >= 11 is 0. The Morgan fingerprint density at radius 2 is 2.00 bits per heavy atom. The summed E-state index contributed by atoms with van der Waals surface area (Å²) in [6.45, 7) is 2.78. The topological polar surface area (TPSA) is 65.1 Å². The molecule has 6 nitrogen and oxygen atoms in total. The standard InChI is InChI=1S/C10H17NO5/c1-4-16-7-5-8(9(12)14-2)11(6-7)10(13)15-3/h7-8H,4-6H2,1-3H3. The van der Waals surface area contributed by atoms with Gasteiger partial charge in [-0.25, -0.2) is 9.59 Å². The molecule has 0 aromatic rings. The summed E-state index contributed by atoms with van der Waals surface area (Å²) in [6.07, 6.45) is -0.207. The maximum Gasteiger partial charge on any atom is 0.410 e. The fourth-order valence-electron chi connectivity index (χ4n) is 1.83. The Bertz CT molecular complexity index is 244. The van der Waals surface area contributed by atoms with Crippen LogP contribution in [0.5, 0.6) is 0 Å². The molecule has 1 aliphatic rings. The number of carbonyl (C=O) groups is 2. The number of methoxy groups -OCH3 is 2. The quantitative estimate of drug-likeness (QED) is 0.658. The van der Waals surface area contributed by atoms with E-state index in [-0.39, 0.29) is 6.10 Å². The summed E-state index contributed by atoms with van der Waals surface area (Å²) in [4.78, 5) is 24.2. The number of hydrogen-bond donors (Lipinski definition) is 0. The number of rotatable bonds is 3. The zero-order valence-corrected chi connectivity index (χ0v) is 9.76. The normalized spacial score (nSPS) is 24.3. The fraction of sp³-hybridized carbons (Fsp3) is 0.800. The van der Waals surface area contributed by atoms with Crippen LogP contribution in [0.2, 0.25) is 0 Å². The summed E-state index contributed by atoms with van der Waals surface area (Å²) in [7, 11) is 2.58. The monoisotopic (exact) mass is 231 g/mol. The third-order valence-corrected chi connectivity index (χ3v) is 2.55. The van der Waals surface area contributed by atoms with E-state index in [1.54, 1.807) is 0 Å². The van der Waals surface area contributed by atoms with Crippen molar-refractivity contribution in [3.05, 3.63) is 0 Å². The molecule has 92 valence electrons. The van der Waals surface area contributed by atoms with Gasteiger partial charge in [0, 0.05) is 13.0 Å². The number of amides is 1. The predicted molar refractivity (Wildman–Crippen MR) is 54.9 cm³/mol. The van der Waals surface area contributed by atoms with Crippen LogP contribution in [0.4, 0.5) is 4.79 Å². The highest BCUT2D eigenvalue weighted by Crippen LogP contribution is 2.22. The molecule has 2 atom stereocenters. The lowest BCUT2D eigenvalue weighted by Gasteiger charge is -2.20. The molecule has 0 saturated carbocycles. The van der Waals surface area contributed by atoms with Gasteiger partial charge in [-0.05, 0) is 6.92 Å². The average molecular weight is 231 g/mol. The predicted octanol–water partition coefficient (Wildman–Crippen LogP) is 0.405. The van der Waals surface area contributed by atoms with Crippen LogP contribution in [0.3, 0.4) is 0 Å². The molecule has 1 rings (SSSR count). The van der Waals surface area contributed by atoms with Crippen LogP contribution in [0, 0.1) is 0 Å². The zero-order chi connectivity index (χ0) is 12.1. The van der Waals surface area contributed by atoms with Crippen LogP contribution in [0.15, 0.2) is 0 Å². The molecule has 0 bridgehead atoms. The molecule has 6 heteroatoms. The van der Waals surface area contributed by atoms with Crippen LogP contribution >= 0.6 is 0 Å². The minimum absolute atomic E-state index is 0.131. The minimum atomic E-state index is -0.603. The van der Waals surface area contributed by atoms with E-state index in [9.17, 15) is 9.59 Å². The first-order valence-corrected chi connectivity index (χ1v) is 5.18. The molecule has 0 aliphatic carbocycles. The van der Waals surface area contributed by atoms with E-state index in [2.05, 4.69) is 9.47 Å². The Morgan fingerprint density at radius 3 is 2.50 bits per heavy atom. The number of esters is 1. The van der Waals surface area contributed by atoms with Crippen molar-refractivity contribution in [2.75, 3.05) is 27.4 Å². The smallest absolute Gasteiger partial charge is 0.410 e. The van der Waals surface area contributed by atoms with Crippen molar-refractivity contribution in [1.82, 2.24) is 4.90 Å². The van der Waals surface area contributed by atoms with Gasteiger partial charge in [-0.15, -0.1) is 0 Å². The third kappa shape index (κ3) is 2.63. The van der Waals surface area contributed by atoms with E-state index in [4.69, 9.17) is 4.74 Å². The SMILES string of the molecule is CCOC1CC(C(=O)OC)N(C(=O)OC)C1. The van der Waals surface area contributed by atoms with E-state index in [0.29, 0.717) is 19.6 Å². The second-order valence-corrected chi connectivity index (χ2v) is 3.47. The number of nitrogens with zero attached hydrogens (tertiary/aromatic N) is 1. The Morgan fingerprint density at radius 1 is 1.31 bits per heavy atom. The first-order chi connectivity index (χ1) is 7.63. The molecule has 1 aliphatic heterocycles. The van der Waals surface area contributed by atoms with Crippen molar-refractivity contribution < 1.29 is 23.8 Å². The molecular weight excluding hydrogens is 214 g/mol. The van der Waals surface area contributed by atoms with Crippen LogP contribution < -0.4 is 0 Å². The molecule has 1 fully saturated rings. The molecular formula is C10H17NO5. The van der Waals surface area contributed by atoms with Gasteiger partial charge in [-0.3, -0.25) is 4.90 Å². The summed E-state index contributed by atoms with van der Waals surface area (Å²) < 4.78 is 14.6. The molecule has 16 heavy (non-hydrogen) atoms. The van der Waals surface area contributed by atoms with Crippen LogP contribution in [-0.4, -0.2) is 56.5 Å². The largest absolute Gasteiger partial charge is 0.467 e. The molecule has 0 spiro atoms. The van der Waals surface area contributed by atoms with Gasteiger partial charge in [-0.1, -0.05) is 0 Å². The minimum Gasteiger partial charge on any atom is -0.467 e. The van der Waals surface area contributed by atoms with Gasteiger partial charge in [0.1, 0.15) is 6.04 Å². The van der Waals surface area contributed by atoms with Crippen LogP contribution in [0.25, 0.3) is 0 Å². The molecule has 0 aromatic heterocycles. The van der Waals surface area contributed by atoms with Crippen LogP contribution in [0.1, 0.15) is 13.3 Å². The average Bonchev–Trinajstić information content (AvgIpc) is 2.71. The maximum atomic E-state index is 11.5. The first-order valence-electron chi connectivity index (χ1n) is 5.18. The second-order valence-electron chi connectivity index (χ2n) is 3.47. The Hall–Kier alpha value is -1.30. The van der Waals surface area contributed by atoms with E-state index < -0.39 is 18.1 Å². The highest BCUT2D eigenvalue weighted by Gasteiger charge is 2.41. The van der Waals surface area contributed by atoms with E-state index in [1.165, 1.54) is 19.1 Å². The van der Waals surface area contributed by atoms with Crippen molar-refractivity contribution in [2.45, 2.75) is 25.5 Å². The Balaban J connectivity index is 2.70. The molecule has 1 saturated heterocycles. The highest BCUT2D eigenvalue weighted by atomic mass is 16.6. The molecule has 0 N–H and O–H groups in total. The number of carbonyl (C=O) groups excluding carboxylic acids is 2. The number of likely N-dealkylation sites (tertiary alicyclic amines) is 1. The van der Waals surface area contributed by atoms with Crippen molar-refractivity contribution in [3.8, 4) is 0 Å². The summed E-state index contributed by atoms with van der Waals surface area (Å²) in [6, 6.07) is -0.603. The zero-order valence-electron chi connectivity index (χ0n) is 9.76. The molecule has 1 heterocycles. The summed E-state index contributed by atoms with van der Waals surface area (Å²) in [5, 5.41) is 0. The lowest BCUT2D eigenvalue weighted by molar-refractivity contribution is -0.145. The van der Waals surface area contributed by atoms with E-state index in [0.717, 1.165) is 0 Å². The number of ether oxygens (including phenoxy) is 3. The second kappa shape index (κ2) is 5.69. The van der Waals surface area contributed by atoms with Gasteiger partial charge in [-0.2, -0.15) is 0 Å². The Kier molecular flexibility index (Phi) is 4.54. The molecule has 1 amide bonds. The van der Waals surface area contributed by atoms with E-state index in [1.807, 2.05) is 6.92 Å². The molecule has 0 radical (unpaired) electrons. The summed E-state index contributed by atoms with van der Waals surface area (Å²) in [5.41, 5.74) is 0. The third-order valence-electron chi connectivity index (χ3n) is 2.55. The first kappa shape index (κ1) is 12.8. The van der Waals surface area contributed by atoms with Gasteiger partial charge < -0.3 is 14.2 Å². The van der Waals surface area contributed by atoms with Gasteiger partial charge >= 0.3 is 12.1 Å². The fourth-order valence-corrected chi connectivity index (χ4v) is 1.83. The summed E-state index contributed by atoms with van der Waals surface area (Å²) in [5.74, 6) is -0.437. The maximum absolute atomic E-state index is 11.5. The lowest BCUT2D eigenvalue weighted by atomic mass is 10.2. The van der Waals surface area contributed by atoms with Crippen molar-refractivity contribution in [2.24, 2.45) is 0 Å². The van der Waals surface area contributed by atoms with Crippen molar-refractivity contribution in [1.29, 1.82) is 0 Å². The van der Waals surface area contributed by atoms with Crippen molar-refractivity contribution >= 4 is 12.1 Å². The van der Waals surface area contributed by atoms with Crippen molar-refractivity contribution in [3.63, 3.8) is 0 Å². The number of hydrogen-bond acceptors (Lipinski definition) is 5. The van der Waals surface area contributed by atoms with E-state index >= 15 is 0 Å². The van der Waals surface area contributed by atoms with Gasteiger partial charge in [0.25, 0.3) is 0 Å². The van der Waals surface area contributed by atoms with Gasteiger partial charge in [0.2, 0.25) is 0 Å². The lowest BCUT2D eigenvalue weighted by Crippen LogP contribution is -2.41. The molecule has 0 aromatic carbocycles. The van der Waals surface area contributed by atoms with Gasteiger partial charge in [0.05, 0.1) is 26.9 Å².